The summed E-state index contributed by atoms with van der Waals surface area (Å²) in [5.41, 5.74) is 8.97. The summed E-state index contributed by atoms with van der Waals surface area (Å²) in [6.07, 6.45) is 0.935. The van der Waals surface area contributed by atoms with Gasteiger partial charge in [-0.3, -0.25) is 4.79 Å². The van der Waals surface area contributed by atoms with E-state index in [1.165, 1.54) is 0 Å². The van der Waals surface area contributed by atoms with Gasteiger partial charge in [-0.15, -0.1) is 0 Å². The fraction of sp³-hybridized carbons (Fsp3) is 0.700. The summed E-state index contributed by atoms with van der Waals surface area (Å²) in [6, 6.07) is 2.09. The molecule has 2 heterocycles. The van der Waals surface area contributed by atoms with E-state index in [9.17, 15) is 4.79 Å². The molecule has 1 aromatic rings. The molecule has 2 rings (SSSR count). The zero-order chi connectivity index (χ0) is 18.8. The maximum atomic E-state index is 12.3. The first-order chi connectivity index (χ1) is 11.6. The van der Waals surface area contributed by atoms with Gasteiger partial charge in [0.05, 0.1) is 19.1 Å². The Kier molecular flexibility index (Phi) is 6.09. The highest BCUT2D eigenvalue weighted by molar-refractivity contribution is 5.83. The van der Waals surface area contributed by atoms with Crippen LogP contribution in [0.25, 0.3) is 0 Å². The van der Waals surface area contributed by atoms with Crippen molar-refractivity contribution in [1.29, 1.82) is 0 Å². The molecule has 0 radical (unpaired) electrons. The number of nitrogens with two attached hydrogens (primary N) is 1. The van der Waals surface area contributed by atoms with Crippen LogP contribution in [0, 0.1) is 25.2 Å². The van der Waals surface area contributed by atoms with Crippen LogP contribution in [-0.4, -0.2) is 37.2 Å². The van der Waals surface area contributed by atoms with E-state index < -0.39 is 0 Å². The second-order valence-corrected chi connectivity index (χ2v) is 8.52. The maximum Gasteiger partial charge on any atom is 0.225 e. The van der Waals surface area contributed by atoms with Gasteiger partial charge in [0.1, 0.15) is 5.82 Å². The molecule has 0 bridgehead atoms. The fourth-order valence-corrected chi connectivity index (χ4v) is 4.04. The summed E-state index contributed by atoms with van der Waals surface area (Å²) in [5, 5.41) is 0. The van der Waals surface area contributed by atoms with Gasteiger partial charge in [-0.25, -0.2) is 4.98 Å². The molecule has 1 amide bonds. The predicted octanol–water partition coefficient (Wildman–Crippen LogP) is 3.18. The molecule has 1 aromatic heterocycles. The number of aryl methyl sites for hydroxylation is 2. The van der Waals surface area contributed by atoms with Crippen molar-refractivity contribution in [2.45, 2.75) is 53.9 Å². The second kappa shape index (κ2) is 7.73. The number of rotatable bonds is 5. The number of hydrogen-bond donors (Lipinski definition) is 1. The van der Waals surface area contributed by atoms with E-state index in [4.69, 9.17) is 15.5 Å². The average molecular weight is 348 g/mol. The van der Waals surface area contributed by atoms with Crippen LogP contribution in [0.3, 0.4) is 0 Å². The molecule has 0 aromatic carbocycles. The Bertz CT molecular complexity index is 593. The Labute approximate surface area is 151 Å². The normalized spacial score (nSPS) is 18.1. The first kappa shape index (κ1) is 19.7. The molecule has 0 saturated carbocycles. The second-order valence-electron chi connectivity index (χ2n) is 8.52. The van der Waals surface area contributed by atoms with Crippen LogP contribution in [0.4, 0.5) is 5.82 Å². The quantitative estimate of drug-likeness (QED) is 0.888. The van der Waals surface area contributed by atoms with Gasteiger partial charge >= 0.3 is 0 Å². The predicted molar refractivity (Wildman–Crippen MR) is 102 cm³/mol. The van der Waals surface area contributed by atoms with Crippen molar-refractivity contribution in [2.75, 3.05) is 31.2 Å². The maximum absolute atomic E-state index is 12.3. The number of carbonyl (C=O) groups is 1. The summed E-state index contributed by atoms with van der Waals surface area (Å²) in [6.45, 7) is 15.9. The highest BCUT2D eigenvalue weighted by atomic mass is 16.5. The number of anilines is 1. The Morgan fingerprint density at radius 3 is 2.40 bits per heavy atom. The Morgan fingerprint density at radius 2 is 1.92 bits per heavy atom. The number of primary amides is 1. The molecule has 0 spiro atoms. The van der Waals surface area contributed by atoms with Crippen LogP contribution in [0.5, 0.6) is 0 Å². The number of aromatic nitrogens is 1. The third-order valence-corrected chi connectivity index (χ3v) is 4.90. The average Bonchev–Trinajstić information content (AvgIpc) is 2.49. The molecule has 1 aliphatic heterocycles. The molecular formula is C20H33N3O2. The zero-order valence-electron chi connectivity index (χ0n) is 16.6. The highest BCUT2D eigenvalue weighted by Gasteiger charge is 2.31. The molecule has 0 aliphatic carbocycles. The van der Waals surface area contributed by atoms with Gasteiger partial charge < -0.3 is 15.4 Å². The topological polar surface area (TPSA) is 68.4 Å². The van der Waals surface area contributed by atoms with Gasteiger partial charge in [0.2, 0.25) is 5.91 Å². The molecule has 140 valence electrons. The van der Waals surface area contributed by atoms with Crippen LogP contribution in [-0.2, 0) is 9.53 Å². The molecule has 5 heteroatoms. The van der Waals surface area contributed by atoms with Gasteiger partial charge in [-0.1, -0.05) is 27.7 Å². The number of morpholine rings is 1. The van der Waals surface area contributed by atoms with Gasteiger partial charge in [0.25, 0.3) is 0 Å². The number of pyridine rings is 1. The first-order valence-corrected chi connectivity index (χ1v) is 9.20. The monoisotopic (exact) mass is 347 g/mol. The van der Waals surface area contributed by atoms with Crippen molar-refractivity contribution >= 4 is 11.7 Å². The molecule has 1 aliphatic rings. The number of carbonyl (C=O) groups excluding carboxylic acids is 1. The van der Waals surface area contributed by atoms with Gasteiger partial charge in [0, 0.05) is 18.8 Å². The minimum absolute atomic E-state index is 0.149. The van der Waals surface area contributed by atoms with Crippen LogP contribution in [0.15, 0.2) is 6.07 Å². The van der Waals surface area contributed by atoms with Crippen LogP contribution in [0.2, 0.25) is 0 Å². The van der Waals surface area contributed by atoms with Gasteiger partial charge in [-0.2, -0.15) is 0 Å². The summed E-state index contributed by atoms with van der Waals surface area (Å²) in [7, 11) is 0. The Balaban J connectivity index is 2.36. The van der Waals surface area contributed by atoms with Gasteiger partial charge in [0.15, 0.2) is 0 Å². The van der Waals surface area contributed by atoms with Crippen molar-refractivity contribution in [3.05, 3.63) is 22.9 Å². The summed E-state index contributed by atoms with van der Waals surface area (Å²) >= 11 is 0. The first-order valence-electron chi connectivity index (χ1n) is 9.20. The molecule has 25 heavy (non-hydrogen) atoms. The molecule has 1 saturated heterocycles. The van der Waals surface area contributed by atoms with E-state index in [1.807, 2.05) is 6.92 Å². The summed E-state index contributed by atoms with van der Waals surface area (Å²) in [4.78, 5) is 19.3. The van der Waals surface area contributed by atoms with E-state index >= 15 is 0 Å². The van der Waals surface area contributed by atoms with E-state index in [0.717, 1.165) is 55.4 Å². The molecule has 2 atom stereocenters. The standard InChI is InChI=1S/C20H33N3O2/c1-13-11-16(23-7-9-25-10-8-23)22-15(3)17(13)18(19(21)24)14(2)12-20(4,5)6/h11,14,18H,7-10,12H2,1-6H3,(H2,21,24). The molecule has 2 N–H and O–H groups in total. The van der Waals surface area contributed by atoms with Gasteiger partial charge in [-0.05, 0) is 48.8 Å². The minimum atomic E-state index is -0.300. The minimum Gasteiger partial charge on any atom is -0.378 e. The smallest absolute Gasteiger partial charge is 0.225 e. The Morgan fingerprint density at radius 1 is 1.32 bits per heavy atom. The van der Waals surface area contributed by atoms with Crippen LogP contribution < -0.4 is 10.6 Å². The Hall–Kier alpha value is -1.62. The van der Waals surface area contributed by atoms with Crippen LogP contribution in [0.1, 0.15) is 56.9 Å². The lowest BCUT2D eigenvalue weighted by molar-refractivity contribution is -0.120. The molecule has 1 fully saturated rings. The van der Waals surface area contributed by atoms with Crippen molar-refractivity contribution < 1.29 is 9.53 Å². The number of hydrogen-bond acceptors (Lipinski definition) is 4. The number of amides is 1. The summed E-state index contributed by atoms with van der Waals surface area (Å²) in [5.74, 6) is 0.578. The number of ether oxygens (including phenoxy) is 1. The largest absolute Gasteiger partial charge is 0.378 e. The lowest BCUT2D eigenvalue weighted by Gasteiger charge is -2.32. The summed E-state index contributed by atoms with van der Waals surface area (Å²) < 4.78 is 5.42. The van der Waals surface area contributed by atoms with Crippen molar-refractivity contribution in [3.8, 4) is 0 Å². The lowest BCUT2D eigenvalue weighted by Crippen LogP contribution is -2.37. The van der Waals surface area contributed by atoms with E-state index in [1.54, 1.807) is 0 Å². The van der Waals surface area contributed by atoms with Crippen LogP contribution >= 0.6 is 0 Å². The zero-order valence-corrected chi connectivity index (χ0v) is 16.6. The van der Waals surface area contributed by atoms with Crippen molar-refractivity contribution in [1.82, 2.24) is 4.98 Å². The van der Waals surface area contributed by atoms with E-state index in [-0.39, 0.29) is 23.2 Å². The van der Waals surface area contributed by atoms with E-state index in [2.05, 4.69) is 45.6 Å². The lowest BCUT2D eigenvalue weighted by atomic mass is 9.75. The third kappa shape index (κ3) is 4.94. The van der Waals surface area contributed by atoms with E-state index in [0.29, 0.717) is 0 Å². The molecule has 5 nitrogen and oxygen atoms in total. The SMILES string of the molecule is Cc1cc(N2CCOCC2)nc(C)c1C(C(N)=O)C(C)CC(C)(C)C. The number of nitrogens with zero attached hydrogens (tertiary/aromatic N) is 2. The highest BCUT2D eigenvalue weighted by Crippen LogP contribution is 2.37. The molecule has 2 unspecified atom stereocenters. The van der Waals surface area contributed by atoms with Crippen molar-refractivity contribution in [3.63, 3.8) is 0 Å². The molecular weight excluding hydrogens is 314 g/mol. The fourth-order valence-electron chi connectivity index (χ4n) is 4.04. The van der Waals surface area contributed by atoms with Crippen molar-refractivity contribution in [2.24, 2.45) is 17.1 Å². The third-order valence-electron chi connectivity index (χ3n) is 4.90.